The third kappa shape index (κ3) is 5.50. The van der Waals surface area contributed by atoms with Gasteiger partial charge in [-0.3, -0.25) is 9.59 Å². The highest BCUT2D eigenvalue weighted by atomic mass is 16.4. The van der Waals surface area contributed by atoms with Gasteiger partial charge in [-0.2, -0.15) is 0 Å². The highest BCUT2D eigenvalue weighted by Crippen LogP contribution is 2.04. The number of carboxylic acids is 2. The molecular weight excluding hydrogens is 188 g/mol. The van der Waals surface area contributed by atoms with Crippen molar-refractivity contribution in [3.63, 3.8) is 0 Å². The predicted octanol–water partition coefficient (Wildman–Crippen LogP) is -0.629. The summed E-state index contributed by atoms with van der Waals surface area (Å²) in [5, 5.41) is 16.9. The highest BCUT2D eigenvalue weighted by Gasteiger charge is 2.13. The summed E-state index contributed by atoms with van der Waals surface area (Å²) in [4.78, 5) is 20.6. The number of carboxylic acid groups (broad SMARTS) is 2. The Morgan fingerprint density at radius 1 is 0.929 bits per heavy atom. The van der Waals surface area contributed by atoms with Crippen molar-refractivity contribution in [2.75, 3.05) is 0 Å². The molecule has 0 bridgehead atoms. The lowest BCUT2D eigenvalue weighted by Gasteiger charge is -2.07. The first-order valence-electron chi connectivity index (χ1n) is 4.42. The summed E-state index contributed by atoms with van der Waals surface area (Å²) in [5.74, 6) is -2.07. The van der Waals surface area contributed by atoms with Gasteiger partial charge >= 0.3 is 11.9 Å². The van der Waals surface area contributed by atoms with E-state index in [4.69, 9.17) is 21.7 Å². The van der Waals surface area contributed by atoms with Gasteiger partial charge in [0.25, 0.3) is 0 Å². The Kier molecular flexibility index (Phi) is 5.82. The fourth-order valence-electron chi connectivity index (χ4n) is 0.975. The molecule has 6 N–H and O–H groups in total. The summed E-state index contributed by atoms with van der Waals surface area (Å²) in [6.07, 6.45) is 1.85. The summed E-state index contributed by atoms with van der Waals surface area (Å²) >= 11 is 0. The summed E-state index contributed by atoms with van der Waals surface area (Å²) in [6, 6.07) is -1.73. The van der Waals surface area contributed by atoms with Crippen molar-refractivity contribution in [3.05, 3.63) is 0 Å². The van der Waals surface area contributed by atoms with Crippen molar-refractivity contribution in [1.29, 1.82) is 0 Å². The lowest BCUT2D eigenvalue weighted by Crippen LogP contribution is -2.31. The van der Waals surface area contributed by atoms with Crippen molar-refractivity contribution in [1.82, 2.24) is 0 Å². The lowest BCUT2D eigenvalue weighted by molar-refractivity contribution is -0.139. The van der Waals surface area contributed by atoms with Crippen LogP contribution in [0.4, 0.5) is 0 Å². The first-order chi connectivity index (χ1) is 6.45. The summed E-state index contributed by atoms with van der Waals surface area (Å²) < 4.78 is 0. The van der Waals surface area contributed by atoms with Crippen LogP contribution in [0.2, 0.25) is 0 Å². The maximum atomic E-state index is 10.3. The second-order valence-corrected chi connectivity index (χ2v) is 3.17. The average Bonchev–Trinajstić information content (AvgIpc) is 2.11. The van der Waals surface area contributed by atoms with Crippen LogP contribution in [0, 0.1) is 0 Å². The molecule has 0 amide bonds. The van der Waals surface area contributed by atoms with E-state index >= 15 is 0 Å². The molecular formula is C8H16N2O4. The quantitative estimate of drug-likeness (QED) is 0.409. The number of carbonyl (C=O) groups is 2. The Bertz CT molecular complexity index is 186. The second-order valence-electron chi connectivity index (χ2n) is 3.17. The summed E-state index contributed by atoms with van der Waals surface area (Å²) in [6.45, 7) is 0. The van der Waals surface area contributed by atoms with Crippen molar-refractivity contribution < 1.29 is 19.8 Å². The normalized spacial score (nSPS) is 14.7. The van der Waals surface area contributed by atoms with Gasteiger partial charge in [0.2, 0.25) is 0 Å². The largest absolute Gasteiger partial charge is 0.480 e. The van der Waals surface area contributed by atoms with Crippen LogP contribution < -0.4 is 11.5 Å². The topological polar surface area (TPSA) is 127 Å². The maximum Gasteiger partial charge on any atom is 0.320 e. The molecule has 0 radical (unpaired) electrons. The molecule has 0 aromatic heterocycles. The van der Waals surface area contributed by atoms with Crippen LogP contribution in [0.5, 0.6) is 0 Å². The molecule has 0 heterocycles. The van der Waals surface area contributed by atoms with Crippen molar-refractivity contribution in [3.8, 4) is 0 Å². The molecule has 0 saturated heterocycles. The van der Waals surface area contributed by atoms with E-state index in [1.165, 1.54) is 0 Å². The SMILES string of the molecule is NC(CCCC[C@H](N)C(=O)O)C(=O)O. The minimum absolute atomic E-state index is 0.349. The minimum atomic E-state index is -1.03. The van der Waals surface area contributed by atoms with Gasteiger partial charge in [0.05, 0.1) is 0 Å². The zero-order chi connectivity index (χ0) is 11.1. The van der Waals surface area contributed by atoms with E-state index in [1.54, 1.807) is 0 Å². The van der Waals surface area contributed by atoms with Crippen LogP contribution in [0.25, 0.3) is 0 Å². The first-order valence-corrected chi connectivity index (χ1v) is 4.42. The fourth-order valence-corrected chi connectivity index (χ4v) is 0.975. The molecule has 0 aliphatic rings. The summed E-state index contributed by atoms with van der Waals surface area (Å²) in [7, 11) is 0. The zero-order valence-corrected chi connectivity index (χ0v) is 7.85. The molecule has 0 rings (SSSR count). The third-order valence-corrected chi connectivity index (χ3v) is 1.91. The third-order valence-electron chi connectivity index (χ3n) is 1.91. The molecule has 0 aliphatic carbocycles. The molecule has 0 saturated carbocycles. The van der Waals surface area contributed by atoms with Gasteiger partial charge < -0.3 is 21.7 Å². The van der Waals surface area contributed by atoms with Gasteiger partial charge in [0.1, 0.15) is 12.1 Å². The van der Waals surface area contributed by atoms with E-state index < -0.39 is 24.0 Å². The number of hydrogen-bond acceptors (Lipinski definition) is 4. The van der Waals surface area contributed by atoms with Gasteiger partial charge in [-0.1, -0.05) is 12.8 Å². The monoisotopic (exact) mass is 204 g/mol. The van der Waals surface area contributed by atoms with Gasteiger partial charge in [-0.15, -0.1) is 0 Å². The van der Waals surface area contributed by atoms with Crippen LogP contribution in [-0.4, -0.2) is 34.2 Å². The van der Waals surface area contributed by atoms with E-state index in [0.717, 1.165) is 0 Å². The highest BCUT2D eigenvalue weighted by molar-refractivity contribution is 5.73. The van der Waals surface area contributed by atoms with Gasteiger partial charge in [-0.25, -0.2) is 0 Å². The Morgan fingerprint density at radius 3 is 1.43 bits per heavy atom. The van der Waals surface area contributed by atoms with Crippen molar-refractivity contribution in [2.45, 2.75) is 37.8 Å². The van der Waals surface area contributed by atoms with Crippen LogP contribution in [0.3, 0.4) is 0 Å². The Hall–Kier alpha value is -1.14. The molecule has 0 aromatic rings. The van der Waals surface area contributed by atoms with Gasteiger partial charge in [0.15, 0.2) is 0 Å². The van der Waals surface area contributed by atoms with Gasteiger partial charge in [-0.05, 0) is 12.8 Å². The fraction of sp³-hybridized carbons (Fsp3) is 0.750. The standard InChI is InChI=1S/C8H16N2O4/c9-5(7(11)12)3-1-2-4-6(10)8(13)14/h5-6H,1-4,9-10H2,(H,11,12)(H,13,14)/t5-,6?/m0/s1. The van der Waals surface area contributed by atoms with Crippen LogP contribution in [0.1, 0.15) is 25.7 Å². The van der Waals surface area contributed by atoms with E-state index in [0.29, 0.717) is 25.7 Å². The number of nitrogens with two attached hydrogens (primary N) is 2. The smallest absolute Gasteiger partial charge is 0.320 e. The van der Waals surface area contributed by atoms with E-state index in [-0.39, 0.29) is 0 Å². The second kappa shape index (κ2) is 6.33. The molecule has 14 heavy (non-hydrogen) atoms. The molecule has 0 aliphatic heterocycles. The van der Waals surface area contributed by atoms with E-state index in [2.05, 4.69) is 0 Å². The first kappa shape index (κ1) is 12.9. The number of unbranched alkanes of at least 4 members (excludes halogenated alkanes) is 1. The molecule has 2 atom stereocenters. The summed E-state index contributed by atoms with van der Waals surface area (Å²) in [5.41, 5.74) is 10.5. The Balaban J connectivity index is 3.47. The minimum Gasteiger partial charge on any atom is -0.480 e. The number of hydrogen-bond donors (Lipinski definition) is 4. The molecule has 82 valence electrons. The number of rotatable bonds is 7. The molecule has 6 heteroatoms. The molecule has 6 nitrogen and oxygen atoms in total. The lowest BCUT2D eigenvalue weighted by atomic mass is 10.1. The van der Waals surface area contributed by atoms with Crippen LogP contribution in [0.15, 0.2) is 0 Å². The zero-order valence-electron chi connectivity index (χ0n) is 7.85. The van der Waals surface area contributed by atoms with Crippen molar-refractivity contribution in [2.24, 2.45) is 11.5 Å². The van der Waals surface area contributed by atoms with Crippen LogP contribution >= 0.6 is 0 Å². The van der Waals surface area contributed by atoms with Gasteiger partial charge in [0, 0.05) is 0 Å². The van der Waals surface area contributed by atoms with Crippen LogP contribution in [-0.2, 0) is 9.59 Å². The predicted molar refractivity (Wildman–Crippen MR) is 49.7 cm³/mol. The Morgan fingerprint density at radius 2 is 1.21 bits per heavy atom. The maximum absolute atomic E-state index is 10.3. The average molecular weight is 204 g/mol. The molecule has 0 aromatic carbocycles. The van der Waals surface area contributed by atoms with E-state index in [1.807, 2.05) is 0 Å². The van der Waals surface area contributed by atoms with Crippen molar-refractivity contribution >= 4 is 11.9 Å². The molecule has 0 spiro atoms. The molecule has 0 fully saturated rings. The number of aliphatic carboxylic acids is 2. The van der Waals surface area contributed by atoms with E-state index in [9.17, 15) is 9.59 Å². The Labute approximate surface area is 81.9 Å². The molecule has 1 unspecified atom stereocenters.